The van der Waals surface area contributed by atoms with Gasteiger partial charge in [0.2, 0.25) is 5.91 Å². The molecule has 1 aliphatic carbocycles. The average Bonchev–Trinajstić information content (AvgIpc) is 3.22. The molecule has 0 aromatic carbocycles. The molecule has 0 bridgehead atoms. The third kappa shape index (κ3) is 4.57. The molecule has 0 aliphatic heterocycles. The minimum absolute atomic E-state index is 0.0984. The molecular formula is C15H19N5O3S2. The lowest BCUT2D eigenvalue weighted by Crippen LogP contribution is -2.15. The van der Waals surface area contributed by atoms with Gasteiger partial charge >= 0.3 is 5.97 Å². The third-order valence-corrected chi connectivity index (χ3v) is 5.46. The smallest absolute Gasteiger partial charge is 0.311 e. The van der Waals surface area contributed by atoms with Crippen molar-refractivity contribution in [2.24, 2.45) is 0 Å². The highest BCUT2D eigenvalue weighted by atomic mass is 32.2. The fourth-order valence-corrected chi connectivity index (χ4v) is 3.83. The summed E-state index contributed by atoms with van der Waals surface area (Å²) in [6.07, 6.45) is 2.43. The fraction of sp³-hybridized carbons (Fsp3) is 0.533. The van der Waals surface area contributed by atoms with E-state index in [4.69, 9.17) is 0 Å². The first kappa shape index (κ1) is 17.9. The van der Waals surface area contributed by atoms with Gasteiger partial charge in [-0.05, 0) is 19.8 Å². The maximum Gasteiger partial charge on any atom is 0.311 e. The molecule has 1 fully saturated rings. The second kappa shape index (κ2) is 7.96. The number of carbonyl (C=O) groups is 2. The van der Waals surface area contributed by atoms with Crippen molar-refractivity contribution < 1.29 is 14.3 Å². The molecule has 134 valence electrons. The van der Waals surface area contributed by atoms with E-state index in [2.05, 4.69) is 36.7 Å². The standard InChI is InChI=1S/C15H19N5O3S2/c1-3-20-13(9-4-5-9)18-19-15(20)25-8-11(21)17-14-16-10(7-24-14)6-12(22)23-2/h7,9H,3-6,8H2,1-2H3,(H,16,17,21). The second-order valence-corrected chi connectivity index (χ2v) is 7.39. The van der Waals surface area contributed by atoms with E-state index in [-0.39, 0.29) is 24.1 Å². The van der Waals surface area contributed by atoms with Crippen molar-refractivity contribution >= 4 is 40.1 Å². The molecule has 1 aliphatic rings. The number of ether oxygens (including phenoxy) is 1. The van der Waals surface area contributed by atoms with Crippen LogP contribution in [0.25, 0.3) is 0 Å². The zero-order chi connectivity index (χ0) is 17.8. The number of amides is 1. The lowest BCUT2D eigenvalue weighted by Gasteiger charge is -2.06. The van der Waals surface area contributed by atoms with Crippen molar-refractivity contribution in [2.45, 2.75) is 43.8 Å². The number of esters is 1. The monoisotopic (exact) mass is 381 g/mol. The van der Waals surface area contributed by atoms with Crippen molar-refractivity contribution in [2.75, 3.05) is 18.2 Å². The van der Waals surface area contributed by atoms with Gasteiger partial charge in [-0.1, -0.05) is 11.8 Å². The topological polar surface area (TPSA) is 99.0 Å². The number of methoxy groups -OCH3 is 1. The number of aromatic nitrogens is 4. The summed E-state index contributed by atoms with van der Waals surface area (Å²) in [4.78, 5) is 27.5. The van der Waals surface area contributed by atoms with Crippen LogP contribution in [0.2, 0.25) is 0 Å². The van der Waals surface area contributed by atoms with Crippen LogP contribution in [-0.4, -0.2) is 44.5 Å². The summed E-state index contributed by atoms with van der Waals surface area (Å²) in [6, 6.07) is 0. The van der Waals surface area contributed by atoms with Gasteiger partial charge in [-0.15, -0.1) is 21.5 Å². The summed E-state index contributed by atoms with van der Waals surface area (Å²) in [5, 5.41) is 14.2. The molecule has 3 rings (SSSR count). The highest BCUT2D eigenvalue weighted by Gasteiger charge is 2.30. The molecule has 0 unspecified atom stereocenters. The average molecular weight is 381 g/mol. The van der Waals surface area contributed by atoms with E-state index in [1.54, 1.807) is 5.38 Å². The SMILES string of the molecule is CCn1c(SCC(=O)Nc2nc(CC(=O)OC)cs2)nnc1C1CC1. The number of thiazole rings is 1. The van der Waals surface area contributed by atoms with Crippen LogP contribution in [0.4, 0.5) is 5.13 Å². The second-order valence-electron chi connectivity index (χ2n) is 5.59. The van der Waals surface area contributed by atoms with E-state index < -0.39 is 0 Å². The molecule has 2 heterocycles. The molecule has 0 atom stereocenters. The Morgan fingerprint density at radius 3 is 2.92 bits per heavy atom. The number of rotatable bonds is 8. The molecule has 2 aromatic heterocycles. The van der Waals surface area contributed by atoms with Gasteiger partial charge in [0.25, 0.3) is 0 Å². The van der Waals surface area contributed by atoms with Crippen molar-refractivity contribution in [3.63, 3.8) is 0 Å². The minimum Gasteiger partial charge on any atom is -0.469 e. The first-order chi connectivity index (χ1) is 12.1. The molecule has 1 saturated carbocycles. The van der Waals surface area contributed by atoms with Crippen LogP contribution in [0, 0.1) is 0 Å². The van der Waals surface area contributed by atoms with Crippen LogP contribution in [0.15, 0.2) is 10.5 Å². The molecule has 8 nitrogen and oxygen atoms in total. The Kier molecular flexibility index (Phi) is 5.69. The Hall–Kier alpha value is -1.94. The van der Waals surface area contributed by atoms with Gasteiger partial charge in [-0.3, -0.25) is 9.59 Å². The summed E-state index contributed by atoms with van der Waals surface area (Å²) in [6.45, 7) is 2.85. The Bertz CT molecular complexity index is 769. The summed E-state index contributed by atoms with van der Waals surface area (Å²) >= 11 is 2.65. The Morgan fingerprint density at radius 2 is 2.24 bits per heavy atom. The van der Waals surface area contributed by atoms with E-state index in [1.807, 2.05) is 0 Å². The lowest BCUT2D eigenvalue weighted by molar-refractivity contribution is -0.139. The number of nitrogens with one attached hydrogen (secondary N) is 1. The number of anilines is 1. The van der Waals surface area contributed by atoms with Gasteiger partial charge in [0.15, 0.2) is 10.3 Å². The van der Waals surface area contributed by atoms with Crippen LogP contribution in [-0.2, 0) is 27.3 Å². The Labute approximate surface area is 153 Å². The quantitative estimate of drug-likeness (QED) is 0.552. The number of nitrogens with zero attached hydrogens (tertiary/aromatic N) is 4. The fourth-order valence-electron chi connectivity index (χ4n) is 2.30. The zero-order valence-electron chi connectivity index (χ0n) is 14.0. The molecule has 1 amide bonds. The summed E-state index contributed by atoms with van der Waals surface area (Å²) in [5.41, 5.74) is 0.583. The van der Waals surface area contributed by atoms with Gasteiger partial charge in [0.05, 0.1) is 25.0 Å². The normalized spacial score (nSPS) is 13.7. The number of hydrogen-bond donors (Lipinski definition) is 1. The maximum absolute atomic E-state index is 12.1. The molecule has 0 spiro atoms. The van der Waals surface area contributed by atoms with E-state index in [0.717, 1.165) is 17.5 Å². The molecule has 0 radical (unpaired) electrons. The first-order valence-corrected chi connectivity index (χ1v) is 9.84. The first-order valence-electron chi connectivity index (χ1n) is 7.97. The van der Waals surface area contributed by atoms with Crippen LogP contribution in [0.3, 0.4) is 0 Å². The highest BCUT2D eigenvalue weighted by molar-refractivity contribution is 7.99. The summed E-state index contributed by atoms with van der Waals surface area (Å²) in [5.74, 6) is 1.26. The lowest BCUT2D eigenvalue weighted by atomic mass is 10.3. The van der Waals surface area contributed by atoms with Crippen LogP contribution in [0.1, 0.15) is 37.2 Å². The highest BCUT2D eigenvalue weighted by Crippen LogP contribution is 2.39. The van der Waals surface area contributed by atoms with Crippen LogP contribution in [0.5, 0.6) is 0 Å². The molecule has 1 N–H and O–H groups in total. The Morgan fingerprint density at radius 1 is 1.44 bits per heavy atom. The van der Waals surface area contributed by atoms with E-state index in [1.165, 1.54) is 43.1 Å². The number of carbonyl (C=O) groups excluding carboxylic acids is 2. The number of thioether (sulfide) groups is 1. The largest absolute Gasteiger partial charge is 0.469 e. The van der Waals surface area contributed by atoms with Crippen molar-refractivity contribution in [1.29, 1.82) is 0 Å². The van der Waals surface area contributed by atoms with Crippen molar-refractivity contribution in [3.8, 4) is 0 Å². The van der Waals surface area contributed by atoms with Gasteiger partial charge in [-0.25, -0.2) is 4.98 Å². The van der Waals surface area contributed by atoms with Crippen LogP contribution >= 0.6 is 23.1 Å². The predicted molar refractivity (Wildman–Crippen MR) is 94.9 cm³/mol. The van der Waals surface area contributed by atoms with E-state index >= 15 is 0 Å². The molecular weight excluding hydrogens is 362 g/mol. The maximum atomic E-state index is 12.1. The van der Waals surface area contributed by atoms with Gasteiger partial charge in [0.1, 0.15) is 5.82 Å². The Balaban J connectivity index is 1.52. The molecule has 0 saturated heterocycles. The predicted octanol–water partition coefficient (Wildman–Crippen LogP) is 2.08. The van der Waals surface area contributed by atoms with E-state index in [9.17, 15) is 9.59 Å². The van der Waals surface area contributed by atoms with Gasteiger partial charge in [0, 0.05) is 17.8 Å². The zero-order valence-corrected chi connectivity index (χ0v) is 15.7. The van der Waals surface area contributed by atoms with Crippen molar-refractivity contribution in [1.82, 2.24) is 19.7 Å². The summed E-state index contributed by atoms with van der Waals surface area (Å²) < 4.78 is 6.67. The van der Waals surface area contributed by atoms with Crippen molar-refractivity contribution in [3.05, 3.63) is 16.9 Å². The molecule has 2 aromatic rings. The minimum atomic E-state index is -0.357. The van der Waals surface area contributed by atoms with Crippen LogP contribution < -0.4 is 5.32 Å². The number of hydrogen-bond acceptors (Lipinski definition) is 8. The third-order valence-electron chi connectivity index (χ3n) is 3.69. The van der Waals surface area contributed by atoms with Gasteiger partial charge in [-0.2, -0.15) is 0 Å². The van der Waals surface area contributed by atoms with E-state index in [0.29, 0.717) is 16.7 Å². The molecule has 10 heteroatoms. The van der Waals surface area contributed by atoms with Gasteiger partial charge < -0.3 is 14.6 Å². The molecule has 25 heavy (non-hydrogen) atoms. The summed E-state index contributed by atoms with van der Waals surface area (Å²) in [7, 11) is 1.33.